The van der Waals surface area contributed by atoms with Crippen molar-refractivity contribution in [2.24, 2.45) is 5.92 Å². The molecular formula is C10H11ClF3N3. The van der Waals surface area contributed by atoms with E-state index in [1.807, 2.05) is 0 Å². The third-order valence-electron chi connectivity index (χ3n) is 2.86. The van der Waals surface area contributed by atoms with E-state index in [4.69, 9.17) is 11.6 Å². The summed E-state index contributed by atoms with van der Waals surface area (Å²) < 4.78 is 37.9. The molecule has 1 unspecified atom stereocenters. The van der Waals surface area contributed by atoms with Crippen molar-refractivity contribution in [2.75, 3.05) is 18.0 Å². The van der Waals surface area contributed by atoms with Crippen LogP contribution in [0.4, 0.5) is 18.9 Å². The van der Waals surface area contributed by atoms with E-state index in [1.165, 1.54) is 12.3 Å². The summed E-state index contributed by atoms with van der Waals surface area (Å²) in [6.07, 6.45) is -2.00. The number of hydrogen-bond donors (Lipinski definition) is 0. The number of anilines is 1. The van der Waals surface area contributed by atoms with Crippen LogP contribution in [0.25, 0.3) is 0 Å². The van der Waals surface area contributed by atoms with Gasteiger partial charge in [-0.1, -0.05) is 11.6 Å². The van der Waals surface area contributed by atoms with Gasteiger partial charge in [0.2, 0.25) is 0 Å². The van der Waals surface area contributed by atoms with Gasteiger partial charge < -0.3 is 4.90 Å². The lowest BCUT2D eigenvalue weighted by Gasteiger charge is -2.34. The van der Waals surface area contributed by atoms with Crippen LogP contribution in [-0.4, -0.2) is 29.5 Å². The zero-order valence-corrected chi connectivity index (χ0v) is 9.67. The first-order chi connectivity index (χ1) is 7.97. The fourth-order valence-electron chi connectivity index (χ4n) is 1.98. The third-order valence-corrected chi connectivity index (χ3v) is 3.04. The lowest BCUT2D eigenvalue weighted by Crippen LogP contribution is -2.41. The van der Waals surface area contributed by atoms with Gasteiger partial charge in [-0.05, 0) is 12.8 Å². The van der Waals surface area contributed by atoms with Crippen LogP contribution in [0.15, 0.2) is 12.3 Å². The number of alkyl halides is 3. The first-order valence-corrected chi connectivity index (χ1v) is 5.64. The van der Waals surface area contributed by atoms with E-state index in [-0.39, 0.29) is 18.1 Å². The van der Waals surface area contributed by atoms with E-state index in [9.17, 15) is 13.2 Å². The third kappa shape index (κ3) is 3.00. The van der Waals surface area contributed by atoms with E-state index in [1.54, 1.807) is 4.90 Å². The molecule has 94 valence electrons. The average Bonchev–Trinajstić information content (AvgIpc) is 2.28. The predicted octanol–water partition coefficient (Wildman–Crippen LogP) is 2.91. The summed E-state index contributed by atoms with van der Waals surface area (Å²) in [5, 5.41) is 7.40. The predicted molar refractivity (Wildman–Crippen MR) is 58.0 cm³/mol. The first-order valence-electron chi connectivity index (χ1n) is 5.26. The molecule has 1 fully saturated rings. The van der Waals surface area contributed by atoms with Crippen LogP contribution in [0.5, 0.6) is 0 Å². The van der Waals surface area contributed by atoms with E-state index in [2.05, 4.69) is 10.2 Å². The highest BCUT2D eigenvalue weighted by Crippen LogP contribution is 2.34. The second kappa shape index (κ2) is 4.68. The molecule has 1 aliphatic heterocycles. The average molecular weight is 266 g/mol. The summed E-state index contributed by atoms with van der Waals surface area (Å²) in [6.45, 7) is 0.556. The number of piperidine rings is 1. The molecule has 1 aromatic rings. The second-order valence-electron chi connectivity index (χ2n) is 4.06. The van der Waals surface area contributed by atoms with Crippen molar-refractivity contribution >= 4 is 17.3 Å². The van der Waals surface area contributed by atoms with Gasteiger partial charge in [0.05, 0.1) is 17.8 Å². The highest BCUT2D eigenvalue weighted by molar-refractivity contribution is 6.29. The Morgan fingerprint density at radius 3 is 2.82 bits per heavy atom. The first kappa shape index (κ1) is 12.4. The molecular weight excluding hydrogens is 255 g/mol. The highest BCUT2D eigenvalue weighted by Gasteiger charge is 2.41. The zero-order chi connectivity index (χ0) is 12.5. The zero-order valence-electron chi connectivity index (χ0n) is 8.91. The van der Waals surface area contributed by atoms with Crippen molar-refractivity contribution in [2.45, 2.75) is 19.0 Å². The molecule has 0 spiro atoms. The Labute approximate surface area is 102 Å². The monoisotopic (exact) mass is 265 g/mol. The molecule has 1 aliphatic rings. The molecule has 0 amide bonds. The molecule has 0 bridgehead atoms. The molecule has 0 aliphatic carbocycles. The molecule has 0 aromatic carbocycles. The maximum atomic E-state index is 12.6. The van der Waals surface area contributed by atoms with Gasteiger partial charge in [0.1, 0.15) is 0 Å². The number of halogens is 4. The van der Waals surface area contributed by atoms with Gasteiger partial charge in [-0.3, -0.25) is 0 Å². The van der Waals surface area contributed by atoms with Crippen LogP contribution >= 0.6 is 11.6 Å². The van der Waals surface area contributed by atoms with Gasteiger partial charge >= 0.3 is 6.18 Å². The molecule has 2 rings (SSSR count). The van der Waals surface area contributed by atoms with Crippen LogP contribution < -0.4 is 4.90 Å². The van der Waals surface area contributed by atoms with Crippen molar-refractivity contribution in [3.05, 3.63) is 17.4 Å². The molecule has 1 saturated heterocycles. The van der Waals surface area contributed by atoms with Crippen LogP contribution in [0.3, 0.4) is 0 Å². The molecule has 3 nitrogen and oxygen atoms in total. The van der Waals surface area contributed by atoms with Gasteiger partial charge in [-0.15, -0.1) is 5.10 Å². The second-order valence-corrected chi connectivity index (χ2v) is 4.45. The highest BCUT2D eigenvalue weighted by atomic mass is 35.5. The molecule has 0 N–H and O–H groups in total. The maximum absolute atomic E-state index is 12.6. The summed E-state index contributed by atoms with van der Waals surface area (Å²) in [5.74, 6) is -1.27. The van der Waals surface area contributed by atoms with Gasteiger partial charge in [0.15, 0.2) is 5.15 Å². The summed E-state index contributed by atoms with van der Waals surface area (Å²) in [6, 6.07) is 1.54. The number of aromatic nitrogens is 2. The Hall–Kier alpha value is -1.04. The van der Waals surface area contributed by atoms with E-state index in [0.29, 0.717) is 18.7 Å². The van der Waals surface area contributed by atoms with E-state index < -0.39 is 12.1 Å². The van der Waals surface area contributed by atoms with E-state index >= 15 is 0 Å². The standard InChI is InChI=1S/C10H11ClF3N3/c11-9-4-8(5-15-16-9)17-3-1-2-7(6-17)10(12,13)14/h4-5,7H,1-3,6H2. The lowest BCUT2D eigenvalue weighted by atomic mass is 9.97. The Bertz CT molecular complexity index is 397. The van der Waals surface area contributed by atoms with Crippen molar-refractivity contribution in [1.82, 2.24) is 10.2 Å². The van der Waals surface area contributed by atoms with Crippen LogP contribution in [0.2, 0.25) is 5.15 Å². The minimum atomic E-state index is -4.14. The lowest BCUT2D eigenvalue weighted by molar-refractivity contribution is -0.175. The van der Waals surface area contributed by atoms with Crippen molar-refractivity contribution in [3.63, 3.8) is 0 Å². The molecule has 1 aromatic heterocycles. The topological polar surface area (TPSA) is 29.0 Å². The van der Waals surface area contributed by atoms with Gasteiger partial charge in [0.25, 0.3) is 0 Å². The van der Waals surface area contributed by atoms with Gasteiger partial charge in [-0.25, -0.2) is 0 Å². The van der Waals surface area contributed by atoms with Crippen molar-refractivity contribution in [1.29, 1.82) is 0 Å². The molecule has 2 heterocycles. The van der Waals surface area contributed by atoms with Crippen molar-refractivity contribution < 1.29 is 13.2 Å². The Kier molecular flexibility index (Phi) is 3.42. The minimum Gasteiger partial charge on any atom is -0.370 e. The summed E-state index contributed by atoms with van der Waals surface area (Å²) in [4.78, 5) is 1.65. The molecule has 0 radical (unpaired) electrons. The number of nitrogens with zero attached hydrogens (tertiary/aromatic N) is 3. The van der Waals surface area contributed by atoms with Gasteiger partial charge in [0, 0.05) is 19.2 Å². The Morgan fingerprint density at radius 1 is 1.41 bits per heavy atom. The molecule has 7 heteroatoms. The molecule has 0 saturated carbocycles. The fraction of sp³-hybridized carbons (Fsp3) is 0.600. The maximum Gasteiger partial charge on any atom is 0.393 e. The summed E-state index contributed by atoms with van der Waals surface area (Å²) in [5.41, 5.74) is 0.596. The SMILES string of the molecule is FC(F)(F)C1CCCN(c2cnnc(Cl)c2)C1. The fourth-order valence-corrected chi connectivity index (χ4v) is 2.14. The molecule has 1 atom stereocenters. The normalized spacial score (nSPS) is 21.6. The van der Waals surface area contributed by atoms with Crippen molar-refractivity contribution in [3.8, 4) is 0 Å². The number of hydrogen-bond acceptors (Lipinski definition) is 3. The summed E-state index contributed by atoms with van der Waals surface area (Å²) >= 11 is 5.67. The smallest absolute Gasteiger partial charge is 0.370 e. The van der Waals surface area contributed by atoms with Crippen LogP contribution in [0.1, 0.15) is 12.8 Å². The van der Waals surface area contributed by atoms with Gasteiger partial charge in [-0.2, -0.15) is 18.3 Å². The summed E-state index contributed by atoms with van der Waals surface area (Å²) in [7, 11) is 0. The molecule has 17 heavy (non-hydrogen) atoms. The Morgan fingerprint density at radius 2 is 2.18 bits per heavy atom. The Balaban J connectivity index is 2.12. The minimum absolute atomic E-state index is 0.0362. The number of rotatable bonds is 1. The largest absolute Gasteiger partial charge is 0.393 e. The quantitative estimate of drug-likeness (QED) is 0.782. The van der Waals surface area contributed by atoms with E-state index in [0.717, 1.165) is 0 Å². The van der Waals surface area contributed by atoms with Crippen LogP contribution in [0, 0.1) is 5.92 Å². The van der Waals surface area contributed by atoms with Crippen LogP contribution in [-0.2, 0) is 0 Å².